The molecule has 2 aliphatic heterocycles. The van der Waals surface area contributed by atoms with Crippen LogP contribution in [0.15, 0.2) is 12.2 Å². The summed E-state index contributed by atoms with van der Waals surface area (Å²) in [5.41, 5.74) is -0.222. The third-order valence-corrected chi connectivity index (χ3v) is 5.06. The molecule has 1 aliphatic carbocycles. The molecule has 1 saturated carbocycles. The quantitative estimate of drug-likeness (QED) is 0.635. The molecule has 3 aliphatic rings. The second-order valence-electron chi connectivity index (χ2n) is 6.01. The first-order valence-corrected chi connectivity index (χ1v) is 6.45. The first kappa shape index (κ1) is 10.5. The Hall–Kier alpha value is -0.630. The van der Waals surface area contributed by atoms with Crippen LogP contribution in [0.25, 0.3) is 0 Å². The molecule has 0 N–H and O–H groups in total. The van der Waals surface area contributed by atoms with E-state index in [0.29, 0.717) is 17.6 Å². The molecule has 2 fully saturated rings. The van der Waals surface area contributed by atoms with Crippen molar-refractivity contribution in [3.63, 3.8) is 0 Å². The van der Waals surface area contributed by atoms with Crippen molar-refractivity contribution in [1.82, 2.24) is 0 Å². The van der Waals surface area contributed by atoms with Gasteiger partial charge in [0.1, 0.15) is 5.78 Å². The molecule has 16 heavy (non-hydrogen) atoms. The van der Waals surface area contributed by atoms with Gasteiger partial charge in [-0.1, -0.05) is 32.9 Å². The van der Waals surface area contributed by atoms with E-state index < -0.39 is 0 Å². The normalized spacial score (nSPS) is 50.1. The molecule has 0 aromatic carbocycles. The second kappa shape index (κ2) is 3.19. The summed E-state index contributed by atoms with van der Waals surface area (Å²) in [7, 11) is 0. The van der Waals surface area contributed by atoms with Gasteiger partial charge in [0.25, 0.3) is 0 Å². The molecule has 1 saturated heterocycles. The lowest BCUT2D eigenvalue weighted by Gasteiger charge is -2.52. The number of Topliss-reactive ketones (excluding diaryl/α,β-unsaturated/α-hetero) is 1. The Morgan fingerprint density at radius 1 is 1.44 bits per heavy atom. The average Bonchev–Trinajstić information content (AvgIpc) is 2.64. The van der Waals surface area contributed by atoms with Crippen molar-refractivity contribution in [2.75, 3.05) is 0 Å². The molecule has 0 amide bonds. The van der Waals surface area contributed by atoms with E-state index in [4.69, 9.17) is 4.74 Å². The van der Waals surface area contributed by atoms with Crippen LogP contribution in [0.4, 0.5) is 0 Å². The summed E-state index contributed by atoms with van der Waals surface area (Å²) >= 11 is 0. The molecule has 4 bridgehead atoms. The summed E-state index contributed by atoms with van der Waals surface area (Å²) in [5, 5.41) is 0. The van der Waals surface area contributed by atoms with Gasteiger partial charge in [0, 0.05) is 0 Å². The number of carbonyl (C=O) groups is 1. The van der Waals surface area contributed by atoms with Crippen molar-refractivity contribution in [1.29, 1.82) is 0 Å². The van der Waals surface area contributed by atoms with Crippen LogP contribution in [0.3, 0.4) is 0 Å². The Labute approximate surface area is 97.1 Å². The number of hydrogen-bond acceptors (Lipinski definition) is 2. The summed E-state index contributed by atoms with van der Waals surface area (Å²) < 4.78 is 6.04. The molecule has 0 spiro atoms. The molecule has 88 valence electrons. The lowest BCUT2D eigenvalue weighted by atomic mass is 9.56. The van der Waals surface area contributed by atoms with Gasteiger partial charge >= 0.3 is 0 Å². The monoisotopic (exact) mass is 220 g/mol. The minimum atomic E-state index is -0.222. The molecular formula is C14H20O2. The standard InChI is InChI=1S/C14H20O2/c1-8(2)14-7-6-9(3)12(13(14)15)10-4-5-11(14)16-10/h4-5,8-12H,6-7H2,1-3H3/t9-,10-,11+,12+,14-/m1/s1. The fourth-order valence-corrected chi connectivity index (χ4v) is 3.96. The van der Waals surface area contributed by atoms with E-state index in [0.717, 1.165) is 6.42 Å². The number of carbonyl (C=O) groups excluding carboxylic acids is 1. The highest BCUT2D eigenvalue weighted by Crippen LogP contribution is 2.55. The van der Waals surface area contributed by atoms with Crippen LogP contribution < -0.4 is 0 Å². The van der Waals surface area contributed by atoms with Crippen LogP contribution in [0.5, 0.6) is 0 Å². The summed E-state index contributed by atoms with van der Waals surface area (Å²) in [5.74, 6) is 1.45. The number of rotatable bonds is 1. The maximum Gasteiger partial charge on any atom is 0.148 e. The Bertz CT molecular complexity index is 358. The third-order valence-electron chi connectivity index (χ3n) is 5.06. The third kappa shape index (κ3) is 1.04. The van der Waals surface area contributed by atoms with Gasteiger partial charge in [0.05, 0.1) is 23.5 Å². The fraction of sp³-hybridized carbons (Fsp3) is 0.786. The molecule has 2 heteroatoms. The largest absolute Gasteiger partial charge is 0.365 e. The molecule has 2 nitrogen and oxygen atoms in total. The van der Waals surface area contributed by atoms with Gasteiger partial charge in [-0.2, -0.15) is 0 Å². The van der Waals surface area contributed by atoms with Crippen molar-refractivity contribution in [3.05, 3.63) is 12.2 Å². The summed E-state index contributed by atoms with van der Waals surface area (Å²) in [6, 6.07) is 0. The Morgan fingerprint density at radius 3 is 2.88 bits per heavy atom. The number of hydrogen-bond donors (Lipinski definition) is 0. The molecular weight excluding hydrogens is 200 g/mol. The lowest BCUT2D eigenvalue weighted by Crippen LogP contribution is -2.59. The van der Waals surface area contributed by atoms with Crippen LogP contribution in [-0.2, 0) is 9.53 Å². The lowest BCUT2D eigenvalue weighted by molar-refractivity contribution is -0.180. The van der Waals surface area contributed by atoms with E-state index in [-0.39, 0.29) is 23.5 Å². The molecule has 3 rings (SSSR count). The highest BCUT2D eigenvalue weighted by molar-refractivity contribution is 5.91. The van der Waals surface area contributed by atoms with Crippen molar-refractivity contribution in [2.24, 2.45) is 23.2 Å². The van der Waals surface area contributed by atoms with Gasteiger partial charge in [-0.25, -0.2) is 0 Å². The zero-order valence-electron chi connectivity index (χ0n) is 10.3. The van der Waals surface area contributed by atoms with Crippen molar-refractivity contribution < 1.29 is 9.53 Å². The number of ether oxygens (including phenoxy) is 1. The van der Waals surface area contributed by atoms with E-state index in [1.807, 2.05) is 0 Å². The van der Waals surface area contributed by atoms with Crippen LogP contribution in [0.1, 0.15) is 33.6 Å². The second-order valence-corrected chi connectivity index (χ2v) is 6.01. The van der Waals surface area contributed by atoms with Gasteiger partial charge in [0.15, 0.2) is 0 Å². The maximum absolute atomic E-state index is 12.7. The highest BCUT2D eigenvalue weighted by atomic mass is 16.5. The van der Waals surface area contributed by atoms with Crippen molar-refractivity contribution >= 4 is 5.78 Å². The first-order chi connectivity index (χ1) is 7.57. The highest BCUT2D eigenvalue weighted by Gasteiger charge is 2.60. The van der Waals surface area contributed by atoms with E-state index in [9.17, 15) is 4.79 Å². The fourth-order valence-electron chi connectivity index (χ4n) is 3.96. The van der Waals surface area contributed by atoms with Gasteiger partial charge in [0.2, 0.25) is 0 Å². The molecule has 2 heterocycles. The summed E-state index contributed by atoms with van der Waals surface area (Å²) in [6.07, 6.45) is 6.56. The van der Waals surface area contributed by atoms with E-state index >= 15 is 0 Å². The van der Waals surface area contributed by atoms with E-state index in [1.54, 1.807) is 0 Å². The van der Waals surface area contributed by atoms with Gasteiger partial charge in [-0.15, -0.1) is 0 Å². The van der Waals surface area contributed by atoms with Crippen LogP contribution in [0, 0.1) is 23.2 Å². The molecule has 0 aromatic rings. The van der Waals surface area contributed by atoms with Crippen molar-refractivity contribution in [3.8, 4) is 0 Å². The predicted octanol–water partition coefficient (Wildman–Crippen LogP) is 2.58. The predicted molar refractivity (Wildman–Crippen MR) is 62.0 cm³/mol. The molecule has 5 atom stereocenters. The van der Waals surface area contributed by atoms with Crippen LogP contribution in [0.2, 0.25) is 0 Å². The number of ketones is 1. The average molecular weight is 220 g/mol. The van der Waals surface area contributed by atoms with Crippen LogP contribution in [-0.4, -0.2) is 18.0 Å². The minimum absolute atomic E-state index is 0.0498. The summed E-state index contributed by atoms with van der Waals surface area (Å²) in [4.78, 5) is 12.7. The SMILES string of the molecule is CC(C)[C@@]12CC[C@@H](C)[C@H](C1=O)[C@H]1C=C[C@@H]2O1. The van der Waals surface area contributed by atoms with E-state index in [1.165, 1.54) is 6.42 Å². The van der Waals surface area contributed by atoms with Crippen LogP contribution >= 0.6 is 0 Å². The maximum atomic E-state index is 12.7. The topological polar surface area (TPSA) is 26.3 Å². The zero-order valence-corrected chi connectivity index (χ0v) is 10.3. The zero-order chi connectivity index (χ0) is 11.5. The molecule has 0 radical (unpaired) electrons. The number of fused-ring (bicyclic) bond motifs is 6. The Morgan fingerprint density at radius 2 is 2.19 bits per heavy atom. The molecule has 0 unspecified atom stereocenters. The Kier molecular flexibility index (Phi) is 2.10. The first-order valence-electron chi connectivity index (χ1n) is 6.45. The van der Waals surface area contributed by atoms with E-state index in [2.05, 4.69) is 32.9 Å². The van der Waals surface area contributed by atoms with Gasteiger partial charge in [-0.05, 0) is 24.7 Å². The van der Waals surface area contributed by atoms with Gasteiger partial charge < -0.3 is 4.74 Å². The summed E-state index contributed by atoms with van der Waals surface area (Å²) in [6.45, 7) is 6.53. The minimum Gasteiger partial charge on any atom is -0.365 e. The smallest absolute Gasteiger partial charge is 0.148 e. The Balaban J connectivity index is 2.10. The van der Waals surface area contributed by atoms with Crippen molar-refractivity contribution in [2.45, 2.75) is 45.8 Å². The molecule has 0 aromatic heterocycles. The van der Waals surface area contributed by atoms with Gasteiger partial charge in [-0.3, -0.25) is 4.79 Å².